The van der Waals surface area contributed by atoms with Crippen molar-refractivity contribution in [2.45, 2.75) is 13.8 Å². The molecule has 0 fully saturated rings. The minimum atomic E-state index is 0. The molecule has 0 aliphatic heterocycles. The summed E-state index contributed by atoms with van der Waals surface area (Å²) in [6.07, 6.45) is 0. The van der Waals surface area contributed by atoms with Gasteiger partial charge in [0.2, 0.25) is 0 Å². The fourth-order valence-corrected chi connectivity index (χ4v) is 1.33. The van der Waals surface area contributed by atoms with E-state index in [1.54, 1.807) is 11.8 Å². The second kappa shape index (κ2) is 12.7. The van der Waals surface area contributed by atoms with Crippen LogP contribution in [0, 0.1) is 0 Å². The van der Waals surface area contributed by atoms with Crippen LogP contribution in [-0.2, 0) is 19.5 Å². The summed E-state index contributed by atoms with van der Waals surface area (Å²) in [6, 6.07) is 0. The van der Waals surface area contributed by atoms with Crippen LogP contribution in [-0.4, -0.2) is 26.7 Å². The zero-order valence-electron chi connectivity index (χ0n) is 8.64. The van der Waals surface area contributed by atoms with Gasteiger partial charge in [0.15, 0.2) is 0 Å². The fourth-order valence-electron chi connectivity index (χ4n) is 0.326. The molecule has 0 saturated heterocycles. The van der Waals surface area contributed by atoms with E-state index in [0.29, 0.717) is 0 Å². The molecule has 0 spiro atoms. The Morgan fingerprint density at radius 1 is 1.60 bits per heavy atom. The molecular weight excluding hydrogens is 213 g/mol. The number of nitrogens with one attached hydrogen (secondary N) is 1. The van der Waals surface area contributed by atoms with Crippen molar-refractivity contribution < 1.29 is 22.3 Å². The van der Waals surface area contributed by atoms with E-state index >= 15 is 0 Å². The Bertz CT molecular complexity index is 81.8. The third kappa shape index (κ3) is 11.8. The van der Waals surface area contributed by atoms with Crippen molar-refractivity contribution in [3.05, 3.63) is 0 Å². The van der Waals surface area contributed by atoms with Crippen LogP contribution in [0.5, 0.6) is 0 Å². The van der Waals surface area contributed by atoms with E-state index in [-0.39, 0.29) is 32.5 Å². The first-order chi connectivity index (χ1) is 3.81. The second-order valence-electron chi connectivity index (χ2n) is 1.25. The minimum absolute atomic E-state index is 0. The zero-order chi connectivity index (χ0) is 6.41. The molecule has 10 heavy (non-hydrogen) atoms. The monoisotopic (exact) mass is 224 g/mol. The van der Waals surface area contributed by atoms with Gasteiger partial charge in [-0.05, 0) is 12.7 Å². The maximum atomic E-state index is 4.90. The van der Waals surface area contributed by atoms with Crippen LogP contribution in [0.1, 0.15) is 16.7 Å². The van der Waals surface area contributed by atoms with Crippen LogP contribution in [0.3, 0.4) is 0 Å². The molecule has 0 rings (SSSR count). The number of rotatable bonds is 2. The van der Waals surface area contributed by atoms with E-state index in [2.05, 4.69) is 12.2 Å². The van der Waals surface area contributed by atoms with Gasteiger partial charge in [0, 0.05) is 26.0 Å². The quantitative estimate of drug-likeness (QED) is 0.565. The molecule has 0 unspecified atom stereocenters. The molecule has 0 amide bonds. The summed E-state index contributed by atoms with van der Waals surface area (Å²) in [7, 11) is 0. The predicted octanol–water partition coefficient (Wildman–Crippen LogP) is 1.48. The number of thioether (sulfide) groups is 1. The van der Waals surface area contributed by atoms with Gasteiger partial charge in [-0.2, -0.15) is 0 Å². The van der Waals surface area contributed by atoms with E-state index < -0.39 is 0 Å². The van der Waals surface area contributed by atoms with Gasteiger partial charge in [-0.1, -0.05) is 30.9 Å². The molecule has 0 aromatic carbocycles. The van der Waals surface area contributed by atoms with Gasteiger partial charge < -0.3 is 8.17 Å². The molecule has 0 bridgehead atoms. The molecule has 0 saturated carbocycles. The van der Waals surface area contributed by atoms with Crippen LogP contribution >= 0.6 is 24.0 Å². The third-order valence-electron chi connectivity index (χ3n) is 0.597. The Hall–Kier alpha value is 1.03. The molecule has 0 atom stereocenters. The fraction of sp³-hybridized carbons (Fsp3) is 0.800. The van der Waals surface area contributed by atoms with E-state index in [1.165, 1.54) is 0 Å². The van der Waals surface area contributed by atoms with E-state index in [9.17, 15) is 0 Å². The van der Waals surface area contributed by atoms with Gasteiger partial charge in [-0.15, -0.1) is 0 Å². The third-order valence-corrected chi connectivity index (χ3v) is 1.79. The van der Waals surface area contributed by atoms with Gasteiger partial charge in [0.1, 0.15) is 4.32 Å². The van der Waals surface area contributed by atoms with Crippen LogP contribution in [0.15, 0.2) is 0 Å². The summed E-state index contributed by atoms with van der Waals surface area (Å²) in [5.74, 6) is 1.06. The molecule has 0 aromatic rings. The van der Waals surface area contributed by atoms with Crippen molar-refractivity contribution >= 4 is 38.4 Å². The molecule has 0 aromatic heterocycles. The summed E-state index contributed by atoms with van der Waals surface area (Å²) < 4.78 is 0.912. The van der Waals surface area contributed by atoms with Crippen molar-refractivity contribution in [1.82, 2.24) is 5.32 Å². The number of thiocarbonyl (C=S) groups is 1. The first kappa shape index (κ1) is 17.2. The molecule has 1 nitrogen and oxygen atoms in total. The van der Waals surface area contributed by atoms with Crippen molar-refractivity contribution in [1.29, 1.82) is 0 Å². The Kier molecular flexibility index (Phi) is 21.8. The van der Waals surface area contributed by atoms with Crippen LogP contribution in [0.2, 0.25) is 0 Å². The Morgan fingerprint density at radius 3 is 2.40 bits per heavy atom. The van der Waals surface area contributed by atoms with Crippen molar-refractivity contribution in [2.75, 3.05) is 12.3 Å². The van der Waals surface area contributed by atoms with Crippen LogP contribution < -0.4 is 5.32 Å². The Balaban J connectivity index is -0.0000000408. The van der Waals surface area contributed by atoms with Crippen molar-refractivity contribution in [3.63, 3.8) is 0 Å². The van der Waals surface area contributed by atoms with E-state index in [0.717, 1.165) is 16.6 Å². The normalized spacial score (nSPS) is 7.00. The molecule has 1 N–H and O–H groups in total. The first-order valence-corrected chi connectivity index (χ1v) is 4.11. The topological polar surface area (TPSA) is 12.0 Å². The van der Waals surface area contributed by atoms with E-state index in [1.807, 2.05) is 6.92 Å². The predicted molar refractivity (Wildman–Crippen MR) is 52.4 cm³/mol. The summed E-state index contributed by atoms with van der Waals surface area (Å²) in [5, 5.41) is 3.04. The summed E-state index contributed by atoms with van der Waals surface area (Å²) in [6.45, 7) is 5.07. The van der Waals surface area contributed by atoms with Gasteiger partial charge >= 0.3 is 10.1 Å². The summed E-state index contributed by atoms with van der Waals surface area (Å²) >= 11 is 6.58. The van der Waals surface area contributed by atoms with Crippen molar-refractivity contribution in [3.8, 4) is 0 Å². The maximum Gasteiger partial charge on any atom is 2.00 e. The van der Waals surface area contributed by atoms with Gasteiger partial charge in [0.05, 0.1) is 0 Å². The largest absolute Gasteiger partial charge is 2.00 e. The van der Waals surface area contributed by atoms with Crippen molar-refractivity contribution in [2.24, 2.45) is 0 Å². The SMILES string of the molecule is CCNC(=S)SCC.[Be+2].[H-].[H-].[Zn]. The molecular formula is C5H13BeNS2Zn. The van der Waals surface area contributed by atoms with E-state index in [4.69, 9.17) is 12.2 Å². The van der Waals surface area contributed by atoms with Crippen LogP contribution in [0.25, 0.3) is 0 Å². The molecule has 5 heteroatoms. The average molecular weight is 226 g/mol. The zero-order valence-corrected chi connectivity index (χ0v) is 11.2. The standard InChI is InChI=1S/C5H11NS2.Be.Zn.2H/c1-3-6-5(7)8-4-2;;;;/h3-4H2,1-2H3,(H,6,7);;;;/q;+2;;2*-1. The number of hydrogen-bond donors (Lipinski definition) is 1. The molecule has 0 radical (unpaired) electrons. The first-order valence-electron chi connectivity index (χ1n) is 2.71. The van der Waals surface area contributed by atoms with Crippen LogP contribution in [0.4, 0.5) is 0 Å². The smallest absolute Gasteiger partial charge is 1.00 e. The molecule has 0 aliphatic carbocycles. The number of hydrogen-bond acceptors (Lipinski definition) is 2. The Labute approximate surface area is 92.0 Å². The summed E-state index contributed by atoms with van der Waals surface area (Å²) in [5.41, 5.74) is 0. The average Bonchev–Trinajstić information content (AvgIpc) is 1.68. The molecule has 54 valence electrons. The van der Waals surface area contributed by atoms with Gasteiger partial charge in [-0.25, -0.2) is 0 Å². The molecule has 0 heterocycles. The second-order valence-corrected chi connectivity index (χ2v) is 3.19. The minimum Gasteiger partial charge on any atom is -1.00 e. The summed E-state index contributed by atoms with van der Waals surface area (Å²) in [4.78, 5) is 0. The molecule has 0 aliphatic rings. The van der Waals surface area contributed by atoms with Gasteiger partial charge in [-0.3, -0.25) is 0 Å². The maximum absolute atomic E-state index is 4.90. The Morgan fingerprint density at radius 2 is 2.10 bits per heavy atom. The van der Waals surface area contributed by atoms with Gasteiger partial charge in [0.25, 0.3) is 0 Å².